The number of nitrogens with zero attached hydrogens (tertiary/aromatic N) is 5. The lowest BCUT2D eigenvalue weighted by atomic mass is 9.94. The lowest BCUT2D eigenvalue weighted by Gasteiger charge is -2.42. The molecule has 1 N–H and O–H groups in total. The van der Waals surface area contributed by atoms with Crippen molar-refractivity contribution >= 4 is 5.65 Å². The van der Waals surface area contributed by atoms with Crippen LogP contribution in [0.4, 0.5) is 4.39 Å². The zero-order valence-electron chi connectivity index (χ0n) is 19.6. The van der Waals surface area contributed by atoms with E-state index in [9.17, 15) is 9.50 Å². The number of ether oxygens (including phenoxy) is 1. The van der Waals surface area contributed by atoms with Crippen LogP contribution in [0.3, 0.4) is 0 Å². The summed E-state index contributed by atoms with van der Waals surface area (Å²) in [6.45, 7) is 9.37. The normalized spacial score (nSPS) is 15.5. The highest BCUT2D eigenvalue weighted by Gasteiger charge is 2.32. The number of benzene rings is 1. The van der Waals surface area contributed by atoms with Crippen LogP contribution < -0.4 is 0 Å². The first-order chi connectivity index (χ1) is 16.4. The summed E-state index contributed by atoms with van der Waals surface area (Å²) >= 11 is 0. The minimum absolute atomic E-state index is 0.0708. The molecule has 0 amide bonds. The Morgan fingerprint density at radius 3 is 2.65 bits per heavy atom. The van der Waals surface area contributed by atoms with E-state index in [4.69, 9.17) is 4.74 Å². The Labute approximate surface area is 197 Å². The maximum Gasteiger partial charge on any atom is 0.173 e. The molecule has 1 unspecified atom stereocenters. The monoisotopic (exact) mass is 461 g/mol. The van der Waals surface area contributed by atoms with Gasteiger partial charge in [0, 0.05) is 55.2 Å². The van der Waals surface area contributed by atoms with Gasteiger partial charge < -0.3 is 14.2 Å². The third-order valence-electron chi connectivity index (χ3n) is 6.43. The van der Waals surface area contributed by atoms with E-state index in [1.165, 1.54) is 6.07 Å². The van der Waals surface area contributed by atoms with E-state index in [-0.39, 0.29) is 11.4 Å². The molecule has 0 bridgehead atoms. The number of aryl methyl sites for hydroxylation is 1. The van der Waals surface area contributed by atoms with Crippen LogP contribution >= 0.6 is 0 Å². The molecule has 176 valence electrons. The van der Waals surface area contributed by atoms with E-state index < -0.39 is 5.82 Å². The van der Waals surface area contributed by atoms with Gasteiger partial charge in [0.1, 0.15) is 5.75 Å². The number of rotatable bonds is 7. The first-order valence-electron chi connectivity index (χ1n) is 11.6. The Morgan fingerprint density at radius 1 is 1.12 bits per heavy atom. The van der Waals surface area contributed by atoms with Crippen LogP contribution in [0, 0.1) is 12.7 Å². The maximum atomic E-state index is 14.5. The summed E-state index contributed by atoms with van der Waals surface area (Å²) in [5, 5.41) is 19.5. The van der Waals surface area contributed by atoms with E-state index in [0.717, 1.165) is 37.7 Å². The average molecular weight is 462 g/mol. The molecule has 1 fully saturated rings. The van der Waals surface area contributed by atoms with Crippen LogP contribution in [-0.4, -0.2) is 61.9 Å². The Hall–Kier alpha value is -3.36. The van der Waals surface area contributed by atoms with Crippen LogP contribution in [0.2, 0.25) is 0 Å². The second-order valence-corrected chi connectivity index (χ2v) is 8.92. The average Bonchev–Trinajstić information content (AvgIpc) is 3.18. The number of aromatic nitrogens is 4. The summed E-state index contributed by atoms with van der Waals surface area (Å²) in [7, 11) is 0. The van der Waals surface area contributed by atoms with E-state index in [1.807, 2.05) is 32.0 Å². The van der Waals surface area contributed by atoms with Crippen molar-refractivity contribution in [2.75, 3.05) is 26.3 Å². The number of aromatic hydroxyl groups is 1. The molecule has 4 aromatic rings. The van der Waals surface area contributed by atoms with Gasteiger partial charge >= 0.3 is 0 Å². The quantitative estimate of drug-likeness (QED) is 0.439. The van der Waals surface area contributed by atoms with Gasteiger partial charge in [-0.3, -0.25) is 4.90 Å². The molecule has 1 atom stereocenters. The molecule has 1 saturated heterocycles. The van der Waals surface area contributed by atoms with Crippen molar-refractivity contribution in [3.63, 3.8) is 0 Å². The summed E-state index contributed by atoms with van der Waals surface area (Å²) in [5.41, 5.74) is 4.53. The molecule has 0 spiro atoms. The summed E-state index contributed by atoms with van der Waals surface area (Å²) in [6.07, 6.45) is 3.58. The fourth-order valence-electron chi connectivity index (χ4n) is 4.42. The summed E-state index contributed by atoms with van der Waals surface area (Å²) in [5.74, 6) is 0.0251. The first-order valence-corrected chi connectivity index (χ1v) is 11.6. The number of imidazole rings is 1. The molecule has 0 saturated carbocycles. The molecule has 0 radical (unpaired) electrons. The number of pyridine rings is 1. The highest BCUT2D eigenvalue weighted by molar-refractivity contribution is 5.74. The largest absolute Gasteiger partial charge is 0.507 e. The van der Waals surface area contributed by atoms with E-state index >= 15 is 0 Å². The molecule has 7 nitrogen and oxygen atoms in total. The van der Waals surface area contributed by atoms with E-state index in [0.29, 0.717) is 34.3 Å². The van der Waals surface area contributed by atoms with Crippen molar-refractivity contribution in [2.45, 2.75) is 32.7 Å². The van der Waals surface area contributed by atoms with Crippen molar-refractivity contribution in [3.8, 4) is 28.1 Å². The fraction of sp³-hybridized carbons (Fsp3) is 0.346. The van der Waals surface area contributed by atoms with Crippen LogP contribution in [0.25, 0.3) is 28.0 Å². The predicted octanol–water partition coefficient (Wildman–Crippen LogP) is 4.44. The molecule has 3 aromatic heterocycles. The number of hydrogen-bond acceptors (Lipinski definition) is 6. The zero-order chi connectivity index (χ0) is 23.8. The molecule has 1 aliphatic heterocycles. The summed E-state index contributed by atoms with van der Waals surface area (Å²) < 4.78 is 21.7. The minimum atomic E-state index is -0.405. The molecule has 5 rings (SSSR count). The lowest BCUT2D eigenvalue weighted by molar-refractivity contribution is 0.0300. The maximum absolute atomic E-state index is 14.5. The van der Waals surface area contributed by atoms with Gasteiger partial charge in [-0.1, -0.05) is 6.07 Å². The summed E-state index contributed by atoms with van der Waals surface area (Å²) in [6, 6.07) is 11.0. The lowest BCUT2D eigenvalue weighted by Crippen LogP contribution is -2.51. The van der Waals surface area contributed by atoms with Crippen molar-refractivity contribution in [2.24, 2.45) is 0 Å². The first kappa shape index (κ1) is 22.4. The van der Waals surface area contributed by atoms with Crippen molar-refractivity contribution in [1.29, 1.82) is 0 Å². The molecule has 0 aliphatic carbocycles. The SMILES string of the molecule is CCOCC(C)N1CC(c2ccc(-c3ccc(-c4cc(F)c5nc(C)cn5c4)cc3O)nn2)C1. The molecular weight excluding hydrogens is 433 g/mol. The third kappa shape index (κ3) is 4.26. The molecule has 1 aliphatic rings. The minimum Gasteiger partial charge on any atom is -0.507 e. The van der Waals surface area contributed by atoms with Gasteiger partial charge in [0.15, 0.2) is 11.5 Å². The van der Waals surface area contributed by atoms with Crippen molar-refractivity contribution in [3.05, 3.63) is 66.0 Å². The predicted molar refractivity (Wildman–Crippen MR) is 128 cm³/mol. The standard InChI is InChI=1S/C26H28FN5O2/c1-4-34-15-17(3)31-13-20(14-31)23-7-8-24(30-29-23)21-6-5-18(10-25(21)33)19-9-22(27)26-28-16(2)11-32(26)12-19/h5-12,17,20,33H,4,13-15H2,1-3H3. The summed E-state index contributed by atoms with van der Waals surface area (Å²) in [4.78, 5) is 6.57. The van der Waals surface area contributed by atoms with Gasteiger partial charge in [-0.15, -0.1) is 0 Å². The van der Waals surface area contributed by atoms with E-state index in [1.54, 1.807) is 28.9 Å². The number of phenols is 1. The highest BCUT2D eigenvalue weighted by atomic mass is 19.1. The Balaban J connectivity index is 1.31. The van der Waals surface area contributed by atoms with Gasteiger partial charge in [-0.05, 0) is 56.7 Å². The van der Waals surface area contributed by atoms with Crippen LogP contribution in [-0.2, 0) is 4.74 Å². The van der Waals surface area contributed by atoms with Crippen LogP contribution in [0.5, 0.6) is 5.75 Å². The van der Waals surface area contributed by atoms with Gasteiger partial charge in [0.25, 0.3) is 0 Å². The zero-order valence-corrected chi connectivity index (χ0v) is 19.6. The van der Waals surface area contributed by atoms with Gasteiger partial charge in [-0.25, -0.2) is 9.37 Å². The second kappa shape index (κ2) is 9.12. The molecule has 1 aromatic carbocycles. The molecule has 4 heterocycles. The highest BCUT2D eigenvalue weighted by Crippen LogP contribution is 2.34. The number of hydrogen-bond donors (Lipinski definition) is 1. The van der Waals surface area contributed by atoms with Gasteiger partial charge in [0.05, 0.1) is 23.7 Å². The van der Waals surface area contributed by atoms with Gasteiger partial charge in [0.2, 0.25) is 0 Å². The Kier molecular flexibility index (Phi) is 6.02. The van der Waals surface area contributed by atoms with Crippen LogP contribution in [0.1, 0.15) is 31.2 Å². The number of fused-ring (bicyclic) bond motifs is 1. The van der Waals surface area contributed by atoms with Crippen molar-refractivity contribution < 1.29 is 14.2 Å². The Morgan fingerprint density at radius 2 is 1.94 bits per heavy atom. The number of phenolic OH excluding ortho intramolecular Hbond substituents is 1. The Bertz CT molecular complexity index is 1320. The van der Waals surface area contributed by atoms with Crippen LogP contribution in [0.15, 0.2) is 48.8 Å². The van der Waals surface area contributed by atoms with E-state index in [2.05, 4.69) is 27.0 Å². The third-order valence-corrected chi connectivity index (χ3v) is 6.43. The smallest absolute Gasteiger partial charge is 0.173 e. The topological polar surface area (TPSA) is 75.8 Å². The number of halogens is 1. The van der Waals surface area contributed by atoms with Gasteiger partial charge in [-0.2, -0.15) is 10.2 Å². The molecular formula is C26H28FN5O2. The molecule has 34 heavy (non-hydrogen) atoms. The fourth-order valence-corrected chi connectivity index (χ4v) is 4.42. The second-order valence-electron chi connectivity index (χ2n) is 8.92. The van der Waals surface area contributed by atoms with Crippen molar-refractivity contribution in [1.82, 2.24) is 24.5 Å². The molecule has 8 heteroatoms. The number of likely N-dealkylation sites (tertiary alicyclic amines) is 1.